The first-order chi connectivity index (χ1) is 13.3. The second-order valence-electron chi connectivity index (χ2n) is 7.25. The standard InChI is InChI=1S/C21H22N4O2/c26-21-19-11-17(12-23-19)27-16-4-1-3-14(9-16)15-5-6-18-20(10-15)25(13-24-18)8-2-7-22-21/h1,3-6,9-10,13,17,19,23H,2,7-8,11-12H2,(H,22,26)/t17-,19-/m0/s1. The molecule has 5 rings (SSSR count). The summed E-state index contributed by atoms with van der Waals surface area (Å²) < 4.78 is 8.30. The van der Waals surface area contributed by atoms with Gasteiger partial charge in [-0.1, -0.05) is 18.2 Å². The van der Waals surface area contributed by atoms with Gasteiger partial charge in [-0.3, -0.25) is 4.79 Å². The van der Waals surface area contributed by atoms with E-state index in [4.69, 9.17) is 4.74 Å². The molecule has 2 aromatic carbocycles. The Morgan fingerprint density at radius 3 is 3.04 bits per heavy atom. The largest absolute Gasteiger partial charge is 0.489 e. The summed E-state index contributed by atoms with van der Waals surface area (Å²) in [6, 6.07) is 14.3. The molecule has 1 amide bonds. The van der Waals surface area contributed by atoms with Crippen molar-refractivity contribution in [2.24, 2.45) is 0 Å². The predicted octanol–water partition coefficient (Wildman–Crippen LogP) is 2.33. The molecular formula is C21H22N4O2. The van der Waals surface area contributed by atoms with Gasteiger partial charge < -0.3 is 19.9 Å². The molecule has 0 saturated carbocycles. The Morgan fingerprint density at radius 1 is 1.15 bits per heavy atom. The number of carbonyl (C=O) groups excluding carboxylic acids is 1. The fourth-order valence-corrected chi connectivity index (χ4v) is 3.93. The second-order valence-corrected chi connectivity index (χ2v) is 7.25. The SMILES string of the molecule is O=C1NCCCn2cnc3ccc(cc32)-c2cccc(c2)O[C@@H]2CN[C@H]1C2. The number of nitrogens with zero attached hydrogens (tertiary/aromatic N) is 2. The molecule has 6 heteroatoms. The topological polar surface area (TPSA) is 68.2 Å². The minimum atomic E-state index is -0.182. The van der Waals surface area contributed by atoms with Crippen LogP contribution in [0.25, 0.3) is 22.2 Å². The van der Waals surface area contributed by atoms with E-state index in [1.54, 1.807) is 0 Å². The molecule has 0 spiro atoms. The summed E-state index contributed by atoms with van der Waals surface area (Å²) >= 11 is 0. The van der Waals surface area contributed by atoms with Crippen LogP contribution in [0.5, 0.6) is 5.75 Å². The summed E-state index contributed by atoms with van der Waals surface area (Å²) in [5.41, 5.74) is 4.37. The molecule has 1 saturated heterocycles. The van der Waals surface area contributed by atoms with Crippen molar-refractivity contribution in [2.45, 2.75) is 31.5 Å². The Hall–Kier alpha value is -2.86. The van der Waals surface area contributed by atoms with Gasteiger partial charge in [-0.2, -0.15) is 0 Å². The lowest BCUT2D eigenvalue weighted by Crippen LogP contribution is -2.40. The number of nitrogens with one attached hydrogen (secondary N) is 2. The summed E-state index contributed by atoms with van der Waals surface area (Å²) in [5.74, 6) is 0.890. The minimum absolute atomic E-state index is 0.00724. The molecule has 2 aliphatic heterocycles. The molecule has 0 radical (unpaired) electrons. The maximum atomic E-state index is 12.4. The molecule has 2 atom stereocenters. The summed E-state index contributed by atoms with van der Waals surface area (Å²) in [5, 5.41) is 6.31. The van der Waals surface area contributed by atoms with Crippen LogP contribution in [-0.2, 0) is 11.3 Å². The molecule has 6 nitrogen and oxygen atoms in total. The quantitative estimate of drug-likeness (QED) is 0.644. The van der Waals surface area contributed by atoms with Crippen molar-refractivity contribution in [3.63, 3.8) is 0 Å². The van der Waals surface area contributed by atoms with Gasteiger partial charge in [0.05, 0.1) is 23.4 Å². The normalized spacial score (nSPS) is 22.6. The zero-order valence-electron chi connectivity index (χ0n) is 15.0. The number of rotatable bonds is 0. The van der Waals surface area contributed by atoms with Crippen molar-refractivity contribution in [3.05, 3.63) is 48.8 Å². The molecule has 1 aromatic heterocycles. The van der Waals surface area contributed by atoms with Crippen LogP contribution in [-0.4, -0.2) is 40.7 Å². The number of ether oxygens (including phenoxy) is 1. The van der Waals surface area contributed by atoms with E-state index in [-0.39, 0.29) is 18.1 Å². The summed E-state index contributed by atoms with van der Waals surface area (Å²) in [7, 11) is 0. The highest BCUT2D eigenvalue weighted by Gasteiger charge is 2.30. The van der Waals surface area contributed by atoms with E-state index >= 15 is 0 Å². The van der Waals surface area contributed by atoms with Gasteiger partial charge in [-0.25, -0.2) is 4.98 Å². The van der Waals surface area contributed by atoms with Crippen LogP contribution in [0.1, 0.15) is 12.8 Å². The van der Waals surface area contributed by atoms with Gasteiger partial charge in [0.15, 0.2) is 0 Å². The molecule has 6 bridgehead atoms. The second kappa shape index (κ2) is 6.70. The molecule has 3 aromatic rings. The zero-order valence-corrected chi connectivity index (χ0v) is 15.0. The number of fused-ring (bicyclic) bond motifs is 6. The first-order valence-electron chi connectivity index (χ1n) is 9.49. The number of hydrogen-bond donors (Lipinski definition) is 2. The van der Waals surface area contributed by atoms with E-state index in [1.807, 2.05) is 18.5 Å². The number of aromatic nitrogens is 2. The van der Waals surface area contributed by atoms with Gasteiger partial charge in [0, 0.05) is 26.1 Å². The average molecular weight is 362 g/mol. The summed E-state index contributed by atoms with van der Waals surface area (Å²) in [6.07, 6.45) is 3.44. The Morgan fingerprint density at radius 2 is 2.07 bits per heavy atom. The third-order valence-electron chi connectivity index (χ3n) is 5.37. The van der Waals surface area contributed by atoms with Gasteiger partial charge in [0.2, 0.25) is 5.91 Å². The summed E-state index contributed by atoms with van der Waals surface area (Å²) in [6.45, 7) is 2.16. The lowest BCUT2D eigenvalue weighted by Gasteiger charge is -2.15. The fourth-order valence-electron chi connectivity index (χ4n) is 3.93. The maximum absolute atomic E-state index is 12.4. The number of benzene rings is 2. The van der Waals surface area contributed by atoms with Crippen molar-refractivity contribution in [3.8, 4) is 16.9 Å². The lowest BCUT2D eigenvalue weighted by molar-refractivity contribution is -0.122. The van der Waals surface area contributed by atoms with E-state index < -0.39 is 0 Å². The zero-order chi connectivity index (χ0) is 18.2. The number of carbonyl (C=O) groups is 1. The van der Waals surface area contributed by atoms with Crippen LogP contribution >= 0.6 is 0 Å². The molecule has 2 N–H and O–H groups in total. The van der Waals surface area contributed by atoms with Gasteiger partial charge in [0.1, 0.15) is 11.9 Å². The van der Waals surface area contributed by atoms with Crippen LogP contribution in [0, 0.1) is 0 Å². The Kier molecular flexibility index (Phi) is 4.05. The highest BCUT2D eigenvalue weighted by molar-refractivity contribution is 5.83. The maximum Gasteiger partial charge on any atom is 0.237 e. The Labute approximate surface area is 157 Å². The fraction of sp³-hybridized carbons (Fsp3) is 0.333. The van der Waals surface area contributed by atoms with Gasteiger partial charge in [-0.05, 0) is 41.8 Å². The summed E-state index contributed by atoms with van der Waals surface area (Å²) in [4.78, 5) is 16.9. The van der Waals surface area contributed by atoms with Crippen molar-refractivity contribution < 1.29 is 9.53 Å². The van der Waals surface area contributed by atoms with E-state index in [0.29, 0.717) is 19.5 Å². The predicted molar refractivity (Wildman–Crippen MR) is 104 cm³/mol. The minimum Gasteiger partial charge on any atom is -0.489 e. The van der Waals surface area contributed by atoms with Crippen molar-refractivity contribution in [1.82, 2.24) is 20.2 Å². The van der Waals surface area contributed by atoms with E-state index in [1.165, 1.54) is 0 Å². The van der Waals surface area contributed by atoms with Gasteiger partial charge in [-0.15, -0.1) is 0 Å². The first-order valence-corrected chi connectivity index (χ1v) is 9.49. The highest BCUT2D eigenvalue weighted by Crippen LogP contribution is 2.28. The van der Waals surface area contributed by atoms with Crippen molar-refractivity contribution >= 4 is 16.9 Å². The average Bonchev–Trinajstić information content (AvgIpc) is 3.31. The smallest absolute Gasteiger partial charge is 0.237 e. The third kappa shape index (κ3) is 3.17. The number of aryl methyl sites for hydroxylation is 1. The van der Waals surface area contributed by atoms with E-state index in [0.717, 1.165) is 40.9 Å². The first kappa shape index (κ1) is 16.3. The molecular weight excluding hydrogens is 340 g/mol. The van der Waals surface area contributed by atoms with Crippen LogP contribution in [0.4, 0.5) is 0 Å². The molecule has 0 unspecified atom stereocenters. The number of amides is 1. The van der Waals surface area contributed by atoms with Crippen LogP contribution < -0.4 is 15.4 Å². The molecule has 138 valence electrons. The Bertz CT molecular complexity index is 997. The molecule has 2 aliphatic rings. The molecule has 3 heterocycles. The van der Waals surface area contributed by atoms with Crippen LogP contribution in [0.2, 0.25) is 0 Å². The van der Waals surface area contributed by atoms with Crippen molar-refractivity contribution in [1.29, 1.82) is 0 Å². The molecule has 27 heavy (non-hydrogen) atoms. The molecule has 0 aliphatic carbocycles. The van der Waals surface area contributed by atoms with Gasteiger partial charge in [0.25, 0.3) is 0 Å². The third-order valence-corrected chi connectivity index (χ3v) is 5.37. The van der Waals surface area contributed by atoms with Gasteiger partial charge >= 0.3 is 0 Å². The van der Waals surface area contributed by atoms with Crippen LogP contribution in [0.3, 0.4) is 0 Å². The highest BCUT2D eigenvalue weighted by atomic mass is 16.5. The molecule has 1 fully saturated rings. The van der Waals surface area contributed by atoms with E-state index in [9.17, 15) is 4.79 Å². The monoisotopic (exact) mass is 362 g/mol. The lowest BCUT2D eigenvalue weighted by atomic mass is 10.0. The van der Waals surface area contributed by atoms with Crippen LogP contribution in [0.15, 0.2) is 48.8 Å². The number of imidazole rings is 1. The Balaban J connectivity index is 1.54. The van der Waals surface area contributed by atoms with Crippen molar-refractivity contribution in [2.75, 3.05) is 13.1 Å². The number of hydrogen-bond acceptors (Lipinski definition) is 4. The van der Waals surface area contributed by atoms with E-state index in [2.05, 4.69) is 50.5 Å².